The molecule has 1 saturated carbocycles. The van der Waals surface area contributed by atoms with E-state index in [1.807, 2.05) is 32.9 Å². The summed E-state index contributed by atoms with van der Waals surface area (Å²) in [4.78, 5) is 49.9. The first kappa shape index (κ1) is 19.9. The van der Waals surface area contributed by atoms with Gasteiger partial charge in [0.2, 0.25) is 11.8 Å². The third kappa shape index (κ3) is 3.85. The van der Waals surface area contributed by atoms with E-state index in [-0.39, 0.29) is 24.9 Å². The molecule has 1 heterocycles. The summed E-state index contributed by atoms with van der Waals surface area (Å²) in [6, 6.07) is 3.40. The monoisotopic (exact) mass is 386 g/mol. The Balaban J connectivity index is 1.53. The van der Waals surface area contributed by atoms with Gasteiger partial charge in [-0.05, 0) is 44.7 Å². The number of imide groups is 1. The van der Waals surface area contributed by atoms with E-state index in [9.17, 15) is 19.2 Å². The van der Waals surface area contributed by atoms with Gasteiger partial charge in [-0.2, -0.15) is 0 Å². The molecule has 8 heteroatoms. The fraction of sp³-hybridized carbons (Fsp3) is 0.500. The SMILES string of the molecule is Cc1cc(C)c(NC(=O)CNC(=O)CN2C(=O)NC3(CCCC3)C2=O)c(C)c1. The van der Waals surface area contributed by atoms with Crippen LogP contribution >= 0.6 is 0 Å². The summed E-state index contributed by atoms with van der Waals surface area (Å²) in [6.07, 6.45) is 2.97. The molecule has 3 rings (SSSR count). The number of amides is 5. The molecule has 1 saturated heterocycles. The zero-order chi connectivity index (χ0) is 20.5. The highest BCUT2D eigenvalue weighted by Gasteiger charge is 2.52. The minimum absolute atomic E-state index is 0.236. The first-order valence-electron chi connectivity index (χ1n) is 9.50. The molecular formula is C20H26N4O4. The molecule has 1 aliphatic carbocycles. The van der Waals surface area contributed by atoms with Gasteiger partial charge >= 0.3 is 6.03 Å². The third-order valence-corrected chi connectivity index (χ3v) is 5.39. The van der Waals surface area contributed by atoms with Crippen LogP contribution in [-0.4, -0.2) is 47.3 Å². The summed E-state index contributed by atoms with van der Waals surface area (Å²) in [5.74, 6) is -1.26. The maximum absolute atomic E-state index is 12.5. The molecule has 0 aromatic heterocycles. The zero-order valence-corrected chi connectivity index (χ0v) is 16.5. The van der Waals surface area contributed by atoms with Crippen molar-refractivity contribution < 1.29 is 19.2 Å². The number of rotatable bonds is 5. The standard InChI is InChI=1S/C20H26N4O4/c1-12-8-13(2)17(14(3)9-12)22-15(25)10-21-16(26)11-24-18(27)20(23-19(24)28)6-4-5-7-20/h8-9H,4-7,10-11H2,1-3H3,(H,21,26)(H,22,25)(H,23,28). The van der Waals surface area contributed by atoms with Crippen LogP contribution in [0.4, 0.5) is 10.5 Å². The predicted molar refractivity (Wildman–Crippen MR) is 104 cm³/mol. The number of urea groups is 1. The van der Waals surface area contributed by atoms with Crippen molar-refractivity contribution in [3.63, 3.8) is 0 Å². The second-order valence-corrected chi connectivity index (χ2v) is 7.71. The van der Waals surface area contributed by atoms with E-state index in [2.05, 4.69) is 16.0 Å². The lowest BCUT2D eigenvalue weighted by Gasteiger charge is -2.19. The normalized spacial score (nSPS) is 17.8. The van der Waals surface area contributed by atoms with Crippen LogP contribution < -0.4 is 16.0 Å². The van der Waals surface area contributed by atoms with E-state index in [0.717, 1.165) is 40.1 Å². The average molecular weight is 386 g/mol. The summed E-state index contributed by atoms with van der Waals surface area (Å²) in [5.41, 5.74) is 2.88. The van der Waals surface area contributed by atoms with Gasteiger partial charge in [-0.1, -0.05) is 30.5 Å². The summed E-state index contributed by atoms with van der Waals surface area (Å²) in [5, 5.41) is 8.00. The molecule has 0 bridgehead atoms. The highest BCUT2D eigenvalue weighted by Crippen LogP contribution is 2.34. The van der Waals surface area contributed by atoms with Crippen LogP contribution in [0.2, 0.25) is 0 Å². The molecule has 28 heavy (non-hydrogen) atoms. The van der Waals surface area contributed by atoms with Crippen molar-refractivity contribution in [1.82, 2.24) is 15.5 Å². The lowest BCUT2D eigenvalue weighted by atomic mass is 9.98. The molecule has 1 spiro atoms. The molecular weight excluding hydrogens is 360 g/mol. The first-order valence-corrected chi connectivity index (χ1v) is 9.50. The largest absolute Gasteiger partial charge is 0.345 e. The zero-order valence-electron chi connectivity index (χ0n) is 16.5. The number of hydrogen-bond donors (Lipinski definition) is 3. The minimum atomic E-state index is -0.838. The molecule has 2 aliphatic rings. The van der Waals surface area contributed by atoms with Gasteiger partial charge in [0.1, 0.15) is 12.1 Å². The number of nitrogens with one attached hydrogen (secondary N) is 3. The Bertz CT molecular complexity index is 820. The quantitative estimate of drug-likeness (QED) is 0.667. The number of carbonyl (C=O) groups is 4. The van der Waals surface area contributed by atoms with Gasteiger partial charge in [0.05, 0.1) is 6.54 Å². The average Bonchev–Trinajstić information content (AvgIpc) is 3.17. The van der Waals surface area contributed by atoms with Gasteiger partial charge in [-0.25, -0.2) is 4.79 Å². The number of anilines is 1. The van der Waals surface area contributed by atoms with Gasteiger partial charge in [0, 0.05) is 5.69 Å². The van der Waals surface area contributed by atoms with Crippen LogP contribution in [0.25, 0.3) is 0 Å². The molecule has 150 valence electrons. The number of hydrogen-bond acceptors (Lipinski definition) is 4. The Kier molecular flexibility index (Phi) is 5.40. The second-order valence-electron chi connectivity index (χ2n) is 7.71. The number of benzene rings is 1. The van der Waals surface area contributed by atoms with E-state index in [1.165, 1.54) is 0 Å². The molecule has 3 N–H and O–H groups in total. The highest BCUT2D eigenvalue weighted by molar-refractivity contribution is 6.09. The molecule has 0 unspecified atom stereocenters. The Morgan fingerprint density at radius 1 is 1.07 bits per heavy atom. The lowest BCUT2D eigenvalue weighted by Crippen LogP contribution is -2.46. The summed E-state index contributed by atoms with van der Waals surface area (Å²) < 4.78 is 0. The smallest absolute Gasteiger partial charge is 0.325 e. The van der Waals surface area contributed by atoms with E-state index in [0.29, 0.717) is 12.8 Å². The molecule has 1 aliphatic heterocycles. The summed E-state index contributed by atoms with van der Waals surface area (Å²) in [7, 11) is 0. The van der Waals surface area contributed by atoms with Crippen LogP contribution in [0.1, 0.15) is 42.4 Å². The van der Waals surface area contributed by atoms with Crippen molar-refractivity contribution in [1.29, 1.82) is 0 Å². The van der Waals surface area contributed by atoms with Crippen LogP contribution in [0.3, 0.4) is 0 Å². The summed E-state index contributed by atoms with van der Waals surface area (Å²) >= 11 is 0. The maximum atomic E-state index is 12.5. The van der Waals surface area contributed by atoms with E-state index >= 15 is 0 Å². The maximum Gasteiger partial charge on any atom is 0.325 e. The predicted octanol–water partition coefficient (Wildman–Crippen LogP) is 1.53. The Hall–Kier alpha value is -2.90. The highest BCUT2D eigenvalue weighted by atomic mass is 16.2. The minimum Gasteiger partial charge on any atom is -0.345 e. The fourth-order valence-corrected chi connectivity index (χ4v) is 4.08. The molecule has 5 amide bonds. The van der Waals surface area contributed by atoms with Crippen molar-refractivity contribution >= 4 is 29.4 Å². The lowest BCUT2D eigenvalue weighted by molar-refractivity contribution is -0.135. The van der Waals surface area contributed by atoms with Crippen molar-refractivity contribution in [2.75, 3.05) is 18.4 Å². The van der Waals surface area contributed by atoms with Gasteiger partial charge < -0.3 is 16.0 Å². The van der Waals surface area contributed by atoms with Crippen LogP contribution in [0, 0.1) is 20.8 Å². The Morgan fingerprint density at radius 2 is 1.68 bits per heavy atom. The topological polar surface area (TPSA) is 108 Å². The molecule has 0 radical (unpaired) electrons. The number of aryl methyl sites for hydroxylation is 3. The third-order valence-electron chi connectivity index (χ3n) is 5.39. The van der Waals surface area contributed by atoms with Gasteiger partial charge in [0.15, 0.2) is 0 Å². The molecule has 8 nitrogen and oxygen atoms in total. The van der Waals surface area contributed by atoms with Crippen LogP contribution in [-0.2, 0) is 14.4 Å². The van der Waals surface area contributed by atoms with Crippen LogP contribution in [0.5, 0.6) is 0 Å². The van der Waals surface area contributed by atoms with Crippen molar-refractivity contribution in [2.45, 2.75) is 52.0 Å². The van der Waals surface area contributed by atoms with E-state index in [1.54, 1.807) is 0 Å². The van der Waals surface area contributed by atoms with Crippen molar-refractivity contribution in [3.8, 4) is 0 Å². The molecule has 0 atom stereocenters. The fourth-order valence-electron chi connectivity index (χ4n) is 4.08. The molecule has 1 aromatic carbocycles. The van der Waals surface area contributed by atoms with Crippen molar-refractivity contribution in [3.05, 3.63) is 28.8 Å². The molecule has 2 fully saturated rings. The van der Waals surface area contributed by atoms with Gasteiger partial charge in [-0.15, -0.1) is 0 Å². The molecule has 1 aromatic rings. The van der Waals surface area contributed by atoms with Crippen LogP contribution in [0.15, 0.2) is 12.1 Å². The summed E-state index contributed by atoms with van der Waals surface area (Å²) in [6.45, 7) is 5.18. The second kappa shape index (κ2) is 7.61. The van der Waals surface area contributed by atoms with Gasteiger partial charge in [0.25, 0.3) is 5.91 Å². The Labute approximate surface area is 164 Å². The van der Waals surface area contributed by atoms with Crippen molar-refractivity contribution in [2.24, 2.45) is 0 Å². The van der Waals surface area contributed by atoms with Gasteiger partial charge in [-0.3, -0.25) is 19.3 Å². The van der Waals surface area contributed by atoms with E-state index in [4.69, 9.17) is 0 Å². The number of carbonyl (C=O) groups excluding carboxylic acids is 4. The van der Waals surface area contributed by atoms with E-state index < -0.39 is 17.5 Å². The Morgan fingerprint density at radius 3 is 2.29 bits per heavy atom. The first-order chi connectivity index (χ1) is 13.2. The number of nitrogens with zero attached hydrogens (tertiary/aromatic N) is 1.